The summed E-state index contributed by atoms with van der Waals surface area (Å²) >= 11 is 1.40. The number of nitrogens with zero attached hydrogens (tertiary/aromatic N) is 5. The number of aliphatic carboxylic acids is 1. The van der Waals surface area contributed by atoms with Crippen molar-refractivity contribution in [3.05, 3.63) is 74.6 Å². The van der Waals surface area contributed by atoms with Crippen LogP contribution in [0, 0.1) is 0 Å². The van der Waals surface area contributed by atoms with Crippen LogP contribution in [0.25, 0.3) is 0 Å². The van der Waals surface area contributed by atoms with Crippen molar-refractivity contribution in [2.24, 2.45) is 5.73 Å². The molecule has 0 bridgehead atoms. The molecule has 0 unspecified atom stereocenters. The molecule has 0 saturated heterocycles. The molecule has 3 heterocycles. The van der Waals surface area contributed by atoms with Crippen molar-refractivity contribution in [2.45, 2.75) is 25.8 Å². The van der Waals surface area contributed by atoms with E-state index < -0.39 is 23.9 Å². The van der Waals surface area contributed by atoms with Crippen LogP contribution >= 0.6 is 11.3 Å². The van der Waals surface area contributed by atoms with Crippen LogP contribution in [0.5, 0.6) is 0 Å². The number of fused-ring (bicyclic) bond motifs is 1. The largest absolute Gasteiger partial charge is 0.490 e. The molecule has 0 atom stereocenters. The maximum atomic E-state index is 12.8. The number of urea groups is 1. The number of hydrogen-bond donors (Lipinski definition) is 2. The average molecular weight is 561 g/mol. The summed E-state index contributed by atoms with van der Waals surface area (Å²) in [5, 5.41) is 12.9. The van der Waals surface area contributed by atoms with Gasteiger partial charge in [0.25, 0.3) is 6.08 Å². The van der Waals surface area contributed by atoms with E-state index in [4.69, 9.17) is 15.6 Å². The van der Waals surface area contributed by atoms with Crippen LogP contribution < -0.4 is 16.3 Å². The maximum Gasteiger partial charge on any atom is 0.490 e. The molecule has 0 fully saturated rings. The summed E-state index contributed by atoms with van der Waals surface area (Å²) in [7, 11) is 1.75. The second-order valence-corrected chi connectivity index (χ2v) is 8.94. The highest BCUT2D eigenvalue weighted by Crippen LogP contribution is 2.36. The number of carboxylic acid groups (broad SMARTS) is 1. The first-order valence-electron chi connectivity index (χ1n) is 10.7. The number of rotatable bonds is 6. The molecule has 0 aliphatic carbocycles. The van der Waals surface area contributed by atoms with Gasteiger partial charge in [0, 0.05) is 36.0 Å². The third kappa shape index (κ3) is 6.44. The fourth-order valence-corrected chi connectivity index (χ4v) is 4.27. The Hall–Kier alpha value is -4.05. The van der Waals surface area contributed by atoms with E-state index in [0.29, 0.717) is 12.2 Å². The predicted octanol–water partition coefficient (Wildman–Crippen LogP) is 3.60. The van der Waals surface area contributed by atoms with E-state index in [-0.39, 0.29) is 31.2 Å². The van der Waals surface area contributed by atoms with E-state index in [9.17, 15) is 31.5 Å². The third-order valence-electron chi connectivity index (χ3n) is 5.28. The van der Waals surface area contributed by atoms with E-state index in [1.165, 1.54) is 22.2 Å². The van der Waals surface area contributed by atoms with Gasteiger partial charge in [0.05, 0.1) is 24.5 Å². The lowest BCUT2D eigenvalue weighted by Crippen LogP contribution is -2.42. The van der Waals surface area contributed by atoms with Crippen molar-refractivity contribution in [2.75, 3.05) is 18.5 Å². The normalized spacial score (nSPS) is 13.1. The number of carbonyl (C=O) groups excluding carboxylic acids is 1. The predicted molar refractivity (Wildman–Crippen MR) is 127 cm³/mol. The molecule has 4 rings (SSSR count). The van der Waals surface area contributed by atoms with Crippen LogP contribution in [0.3, 0.4) is 0 Å². The van der Waals surface area contributed by atoms with E-state index in [1.54, 1.807) is 16.8 Å². The van der Waals surface area contributed by atoms with Crippen molar-refractivity contribution in [3.63, 3.8) is 0 Å². The SMILES string of the molecule is CN1Cc2ccccc2N(c2csc(Cn3cnn(CC(CN)=C(F)F)c3=O)c2)C1=O.O=C(O)C(F)(F)F. The molecule has 204 valence electrons. The highest BCUT2D eigenvalue weighted by atomic mass is 32.1. The second kappa shape index (κ2) is 11.6. The van der Waals surface area contributed by atoms with Crippen LogP contribution in [-0.2, 0) is 24.4 Å². The Morgan fingerprint density at radius 2 is 1.87 bits per heavy atom. The lowest BCUT2D eigenvalue weighted by atomic mass is 10.1. The molecule has 0 radical (unpaired) electrons. The van der Waals surface area contributed by atoms with Crippen LogP contribution in [0.4, 0.5) is 38.1 Å². The minimum Gasteiger partial charge on any atom is -0.475 e. The molecule has 3 N–H and O–H groups in total. The van der Waals surface area contributed by atoms with Crippen LogP contribution in [-0.4, -0.2) is 56.1 Å². The molecule has 1 aromatic carbocycles. The van der Waals surface area contributed by atoms with Gasteiger partial charge in [-0.3, -0.25) is 9.47 Å². The first-order valence-corrected chi connectivity index (χ1v) is 11.6. The Kier molecular flexibility index (Phi) is 8.67. The zero-order chi connectivity index (χ0) is 28.2. The van der Waals surface area contributed by atoms with E-state index in [0.717, 1.165) is 20.8 Å². The molecule has 0 saturated carbocycles. The number of hydrogen-bond acceptors (Lipinski definition) is 6. The van der Waals surface area contributed by atoms with Gasteiger partial charge in [0.2, 0.25) is 0 Å². The monoisotopic (exact) mass is 560 g/mol. The third-order valence-corrected chi connectivity index (χ3v) is 6.18. The summed E-state index contributed by atoms with van der Waals surface area (Å²) in [4.78, 5) is 38.3. The van der Waals surface area contributed by atoms with Gasteiger partial charge < -0.3 is 15.7 Å². The number of aromatic nitrogens is 3. The summed E-state index contributed by atoms with van der Waals surface area (Å²) in [5.74, 6) is -2.76. The van der Waals surface area contributed by atoms with E-state index >= 15 is 0 Å². The molecule has 1 aliphatic heterocycles. The molecular weight excluding hydrogens is 539 g/mol. The summed E-state index contributed by atoms with van der Waals surface area (Å²) in [6, 6.07) is 9.41. The smallest absolute Gasteiger partial charge is 0.475 e. The Morgan fingerprint density at radius 3 is 2.47 bits per heavy atom. The van der Waals surface area contributed by atoms with Gasteiger partial charge in [0.1, 0.15) is 6.33 Å². The fourth-order valence-electron chi connectivity index (χ4n) is 3.42. The quantitative estimate of drug-likeness (QED) is 0.444. The molecule has 16 heteroatoms. The highest BCUT2D eigenvalue weighted by Gasteiger charge is 2.38. The number of benzene rings is 1. The van der Waals surface area contributed by atoms with Crippen molar-refractivity contribution in [1.82, 2.24) is 19.2 Å². The number of nitrogens with two attached hydrogens (primary N) is 1. The molecule has 0 spiro atoms. The molecule has 2 amide bonds. The number of amides is 2. The van der Waals surface area contributed by atoms with Crippen LogP contribution in [0.1, 0.15) is 10.4 Å². The highest BCUT2D eigenvalue weighted by molar-refractivity contribution is 7.10. The van der Waals surface area contributed by atoms with Crippen molar-refractivity contribution < 1.29 is 36.6 Å². The number of alkyl halides is 3. The summed E-state index contributed by atoms with van der Waals surface area (Å²) in [6.45, 7) is 0.0417. The number of carbonyl (C=O) groups is 2. The summed E-state index contributed by atoms with van der Waals surface area (Å²) < 4.78 is 59.7. The summed E-state index contributed by atoms with van der Waals surface area (Å²) in [5.41, 5.74) is 7.03. The van der Waals surface area contributed by atoms with Crippen molar-refractivity contribution in [1.29, 1.82) is 0 Å². The zero-order valence-electron chi connectivity index (χ0n) is 19.7. The zero-order valence-corrected chi connectivity index (χ0v) is 20.5. The number of anilines is 2. The Morgan fingerprint density at radius 1 is 1.21 bits per heavy atom. The number of para-hydroxylation sites is 1. The average Bonchev–Trinajstić information content (AvgIpc) is 3.44. The lowest BCUT2D eigenvalue weighted by molar-refractivity contribution is -0.192. The Labute approximate surface area is 215 Å². The number of halogens is 5. The molecule has 2 aromatic heterocycles. The van der Waals surface area contributed by atoms with Crippen LogP contribution in [0.2, 0.25) is 0 Å². The first kappa shape index (κ1) is 28.5. The van der Waals surface area contributed by atoms with Crippen molar-refractivity contribution in [3.8, 4) is 0 Å². The van der Waals surface area contributed by atoms with Gasteiger partial charge in [-0.1, -0.05) is 18.2 Å². The number of thiophene rings is 1. The summed E-state index contributed by atoms with van der Waals surface area (Å²) in [6.07, 6.45) is -5.68. The molecule has 10 nitrogen and oxygen atoms in total. The van der Waals surface area contributed by atoms with E-state index in [2.05, 4.69) is 5.10 Å². The molecule has 3 aromatic rings. The first-order chi connectivity index (χ1) is 17.8. The van der Waals surface area contributed by atoms with E-state index in [1.807, 2.05) is 35.7 Å². The fraction of sp³-hybridized carbons (Fsp3) is 0.273. The minimum absolute atomic E-state index is 0.137. The van der Waals surface area contributed by atoms with Gasteiger partial charge in [-0.15, -0.1) is 11.3 Å². The molecular formula is C22H21F5N6O4S. The van der Waals surface area contributed by atoms with Gasteiger partial charge >= 0.3 is 23.9 Å². The number of carboxylic acids is 1. The molecule has 1 aliphatic rings. The minimum atomic E-state index is -5.08. The van der Waals surface area contributed by atoms with Gasteiger partial charge in [0.15, 0.2) is 0 Å². The topological polar surface area (TPSA) is 127 Å². The van der Waals surface area contributed by atoms with Gasteiger partial charge in [-0.05, 0) is 17.7 Å². The molecule has 38 heavy (non-hydrogen) atoms. The Balaban J connectivity index is 0.000000505. The van der Waals surface area contributed by atoms with Crippen LogP contribution in [0.15, 0.2) is 58.5 Å². The lowest BCUT2D eigenvalue weighted by Gasteiger charge is -2.34. The maximum absolute atomic E-state index is 12.8. The Bertz CT molecular complexity index is 1410. The van der Waals surface area contributed by atoms with Crippen molar-refractivity contribution >= 4 is 34.7 Å². The second-order valence-electron chi connectivity index (χ2n) is 7.94. The van der Waals surface area contributed by atoms with Gasteiger partial charge in [-0.2, -0.15) is 27.1 Å². The standard InChI is InChI=1S/C20H20F2N6O2S.C2HF3O2/c1-25-8-13-4-2-3-5-17(13)28(19(25)29)15-6-16(31-11-15)10-26-12-24-27(20(26)30)9-14(7-23)18(21)22;3-2(4,5)1(6)7/h2-6,11-12H,7-10,23H2,1H3;(H,6,7). The van der Waals surface area contributed by atoms with Gasteiger partial charge in [-0.25, -0.2) is 19.1 Å².